The van der Waals surface area contributed by atoms with E-state index >= 15 is 0 Å². The van der Waals surface area contributed by atoms with Gasteiger partial charge in [0.25, 0.3) is 0 Å². The number of alkyl halides is 3. The van der Waals surface area contributed by atoms with E-state index in [0.29, 0.717) is 18.4 Å². The third-order valence-corrected chi connectivity index (χ3v) is 7.00. The van der Waals surface area contributed by atoms with Gasteiger partial charge in [-0.2, -0.15) is 13.2 Å². The van der Waals surface area contributed by atoms with Crippen LogP contribution in [0.15, 0.2) is 47.1 Å². The van der Waals surface area contributed by atoms with Gasteiger partial charge in [0.15, 0.2) is 0 Å². The van der Waals surface area contributed by atoms with E-state index in [0.717, 1.165) is 44.7 Å². The van der Waals surface area contributed by atoms with Crippen molar-refractivity contribution in [3.8, 4) is 0 Å². The highest BCUT2D eigenvalue weighted by Gasteiger charge is 2.45. The first-order valence-corrected chi connectivity index (χ1v) is 11.6. The van der Waals surface area contributed by atoms with Gasteiger partial charge in [-0.05, 0) is 79.8 Å². The second-order valence-corrected chi connectivity index (χ2v) is 9.47. The van der Waals surface area contributed by atoms with E-state index in [9.17, 15) is 18.0 Å². The first-order chi connectivity index (χ1) is 16.2. The minimum absolute atomic E-state index is 0.240. The number of rotatable bonds is 5. The summed E-state index contributed by atoms with van der Waals surface area (Å²) in [7, 11) is 0. The smallest absolute Gasteiger partial charge is 0.475 e. The van der Waals surface area contributed by atoms with Gasteiger partial charge in [-0.1, -0.05) is 24.3 Å². The summed E-state index contributed by atoms with van der Waals surface area (Å²) in [5, 5.41) is 10.3. The molecule has 2 aliphatic carbocycles. The van der Waals surface area contributed by atoms with Gasteiger partial charge < -0.3 is 14.8 Å². The number of nitrogens with one attached hydrogen (secondary N) is 1. The van der Waals surface area contributed by atoms with Crippen molar-refractivity contribution in [2.45, 2.75) is 68.6 Å². The lowest BCUT2D eigenvalue weighted by Gasteiger charge is -2.40. The average Bonchev–Trinajstić information content (AvgIpc) is 3.35. The van der Waals surface area contributed by atoms with Crippen molar-refractivity contribution in [2.75, 3.05) is 13.1 Å². The molecule has 6 nitrogen and oxygen atoms in total. The number of piperidine rings is 1. The zero-order valence-corrected chi connectivity index (χ0v) is 18.8. The van der Waals surface area contributed by atoms with Crippen LogP contribution in [0, 0.1) is 0 Å². The molecule has 0 radical (unpaired) electrons. The van der Waals surface area contributed by atoms with Crippen LogP contribution in [0.1, 0.15) is 61.3 Å². The van der Waals surface area contributed by atoms with Gasteiger partial charge in [0.1, 0.15) is 5.76 Å². The Morgan fingerprint density at radius 3 is 2.38 bits per heavy atom. The van der Waals surface area contributed by atoms with Crippen LogP contribution in [0.2, 0.25) is 0 Å². The molecule has 2 heterocycles. The summed E-state index contributed by atoms with van der Waals surface area (Å²) in [6, 6.07) is 13.4. The van der Waals surface area contributed by atoms with Crippen LogP contribution in [-0.4, -0.2) is 47.2 Å². The first kappa shape index (κ1) is 24.3. The number of furan rings is 1. The number of carboxylic acids is 1. The Morgan fingerprint density at radius 1 is 1.12 bits per heavy atom. The Morgan fingerprint density at radius 2 is 1.79 bits per heavy atom. The van der Waals surface area contributed by atoms with Crippen molar-refractivity contribution in [2.24, 2.45) is 0 Å². The molecule has 184 valence electrons. The number of hydrogen-bond acceptors (Lipinski definition) is 4. The van der Waals surface area contributed by atoms with E-state index in [1.54, 1.807) is 6.26 Å². The molecule has 2 fully saturated rings. The molecular formula is C25H29F3N2O4. The lowest BCUT2D eigenvalue weighted by Crippen LogP contribution is -2.41. The monoisotopic (exact) mass is 478 g/mol. The number of carbonyl (C=O) groups excluding carboxylic acids is 1. The predicted octanol–water partition coefficient (Wildman–Crippen LogP) is 4.60. The summed E-state index contributed by atoms with van der Waals surface area (Å²) < 4.78 is 37.3. The molecule has 1 atom stereocenters. The maximum atomic E-state index is 12.4. The van der Waals surface area contributed by atoms with Crippen molar-refractivity contribution < 1.29 is 32.3 Å². The maximum absolute atomic E-state index is 12.4. The molecule has 5 rings (SSSR count). The van der Waals surface area contributed by atoms with Crippen molar-refractivity contribution in [1.29, 1.82) is 0 Å². The zero-order valence-electron chi connectivity index (χ0n) is 18.8. The van der Waals surface area contributed by atoms with E-state index in [2.05, 4.69) is 40.5 Å². The van der Waals surface area contributed by atoms with Gasteiger partial charge in [-0.3, -0.25) is 9.69 Å². The molecule has 1 aliphatic heterocycles. The zero-order chi connectivity index (χ0) is 24.3. The van der Waals surface area contributed by atoms with Crippen molar-refractivity contribution in [1.82, 2.24) is 10.2 Å². The molecule has 2 N–H and O–H groups in total. The molecule has 0 bridgehead atoms. The standard InChI is InChI=1S/C23H28N2O2.C2HF3O2/c26-22(24-18-7-8-18)14-17-15-23(21-6-2-1-5-20(17)21)9-11-25(12-10-23)16-19-4-3-13-27-19;3-2(4,5)1(6)7/h1-6,13,17-18H,7-12,14-16H2,(H,24,26);(H,6,7). The summed E-state index contributed by atoms with van der Waals surface area (Å²) in [4.78, 5) is 23.8. The van der Waals surface area contributed by atoms with E-state index in [-0.39, 0.29) is 11.3 Å². The molecular weight excluding hydrogens is 449 g/mol. The molecule has 1 spiro atoms. The van der Waals surface area contributed by atoms with E-state index < -0.39 is 12.1 Å². The average molecular weight is 479 g/mol. The summed E-state index contributed by atoms with van der Waals surface area (Å²) in [6.07, 6.45) is 3.09. The minimum atomic E-state index is -5.08. The van der Waals surface area contributed by atoms with Gasteiger partial charge in [-0.15, -0.1) is 0 Å². The minimum Gasteiger partial charge on any atom is -0.475 e. The summed E-state index contributed by atoms with van der Waals surface area (Å²) >= 11 is 0. The van der Waals surface area contributed by atoms with Crippen molar-refractivity contribution in [3.63, 3.8) is 0 Å². The Bertz CT molecular complexity index is 994. The predicted molar refractivity (Wildman–Crippen MR) is 118 cm³/mol. The molecule has 34 heavy (non-hydrogen) atoms. The molecule has 1 amide bonds. The SMILES string of the molecule is O=C(CC1CC2(CCN(Cc3ccco3)CC2)c2ccccc21)NC1CC1.O=C(O)C(F)(F)F. The van der Waals surface area contributed by atoms with Gasteiger partial charge in [0, 0.05) is 12.5 Å². The number of hydrogen-bond donors (Lipinski definition) is 2. The van der Waals surface area contributed by atoms with Gasteiger partial charge >= 0.3 is 12.1 Å². The summed E-state index contributed by atoms with van der Waals surface area (Å²) in [5.41, 5.74) is 3.18. The largest absolute Gasteiger partial charge is 0.490 e. The van der Waals surface area contributed by atoms with Crippen molar-refractivity contribution >= 4 is 11.9 Å². The Labute approximate surface area is 196 Å². The number of carboxylic acid groups (broad SMARTS) is 1. The fourth-order valence-corrected chi connectivity index (χ4v) is 5.18. The highest BCUT2D eigenvalue weighted by Crippen LogP contribution is 2.52. The number of aliphatic carboxylic acids is 1. The summed E-state index contributed by atoms with van der Waals surface area (Å²) in [6.45, 7) is 3.09. The normalized spacial score (nSPS) is 21.4. The first-order valence-electron chi connectivity index (χ1n) is 11.6. The third-order valence-electron chi connectivity index (χ3n) is 7.00. The maximum Gasteiger partial charge on any atom is 0.490 e. The Balaban J connectivity index is 0.000000344. The number of nitrogens with zero attached hydrogens (tertiary/aromatic N) is 1. The fraction of sp³-hybridized carbons (Fsp3) is 0.520. The molecule has 1 saturated carbocycles. The number of carbonyl (C=O) groups is 2. The second kappa shape index (κ2) is 9.82. The number of likely N-dealkylation sites (tertiary alicyclic amines) is 1. The second-order valence-electron chi connectivity index (χ2n) is 9.47. The van der Waals surface area contributed by atoms with Crippen LogP contribution in [-0.2, 0) is 21.5 Å². The quantitative estimate of drug-likeness (QED) is 0.656. The number of benzene rings is 1. The number of fused-ring (bicyclic) bond motifs is 2. The Kier molecular flexibility index (Phi) is 7.02. The van der Waals surface area contributed by atoms with Crippen LogP contribution >= 0.6 is 0 Å². The van der Waals surface area contributed by atoms with Crippen molar-refractivity contribution in [3.05, 3.63) is 59.5 Å². The van der Waals surface area contributed by atoms with Crippen LogP contribution in [0.5, 0.6) is 0 Å². The van der Waals surface area contributed by atoms with Crippen LogP contribution < -0.4 is 5.32 Å². The topological polar surface area (TPSA) is 82.8 Å². The lowest BCUT2D eigenvalue weighted by molar-refractivity contribution is -0.192. The van der Waals surface area contributed by atoms with Gasteiger partial charge in [0.05, 0.1) is 12.8 Å². The molecule has 1 unspecified atom stereocenters. The summed E-state index contributed by atoms with van der Waals surface area (Å²) in [5.74, 6) is -1.10. The number of amides is 1. The van der Waals surface area contributed by atoms with Crippen LogP contribution in [0.3, 0.4) is 0 Å². The molecule has 1 aromatic carbocycles. The fourth-order valence-electron chi connectivity index (χ4n) is 5.18. The lowest BCUT2D eigenvalue weighted by atomic mass is 9.73. The highest BCUT2D eigenvalue weighted by molar-refractivity contribution is 5.78. The molecule has 1 aromatic heterocycles. The molecule has 3 aliphatic rings. The van der Waals surface area contributed by atoms with Gasteiger partial charge in [-0.25, -0.2) is 4.79 Å². The van der Waals surface area contributed by atoms with E-state index in [4.69, 9.17) is 14.3 Å². The van der Waals surface area contributed by atoms with Crippen LogP contribution in [0.4, 0.5) is 13.2 Å². The third kappa shape index (κ3) is 5.81. The number of halogens is 3. The van der Waals surface area contributed by atoms with Crippen LogP contribution in [0.25, 0.3) is 0 Å². The van der Waals surface area contributed by atoms with E-state index in [1.807, 2.05) is 6.07 Å². The van der Waals surface area contributed by atoms with E-state index in [1.165, 1.54) is 24.0 Å². The molecule has 1 saturated heterocycles. The Hall–Kier alpha value is -2.81. The highest BCUT2D eigenvalue weighted by atomic mass is 19.4. The van der Waals surface area contributed by atoms with Gasteiger partial charge in [0.2, 0.25) is 5.91 Å². The molecule has 9 heteroatoms. The molecule has 2 aromatic rings.